The molecule has 0 saturated carbocycles. The molecule has 2 aromatic heterocycles. The first-order chi connectivity index (χ1) is 12.7. The van der Waals surface area contributed by atoms with Crippen molar-refractivity contribution in [3.05, 3.63) is 78.3 Å². The second kappa shape index (κ2) is 7.00. The Labute approximate surface area is 154 Å². The zero-order chi connectivity index (χ0) is 17.9. The van der Waals surface area contributed by atoms with Crippen molar-refractivity contribution in [3.8, 4) is 11.3 Å². The predicted molar refractivity (Wildman–Crippen MR) is 108 cm³/mol. The zero-order valence-corrected chi connectivity index (χ0v) is 15.1. The van der Waals surface area contributed by atoms with E-state index in [0.29, 0.717) is 0 Å². The minimum absolute atomic E-state index is 0.841. The number of anilines is 2. The number of nitrogens with zero attached hydrogens (tertiary/aromatic N) is 4. The van der Waals surface area contributed by atoms with Crippen LogP contribution in [0.4, 0.5) is 11.4 Å². The Morgan fingerprint density at radius 2 is 1.92 bits per heavy atom. The summed E-state index contributed by atoms with van der Waals surface area (Å²) in [6.45, 7) is 1.74. The summed E-state index contributed by atoms with van der Waals surface area (Å²) in [6.07, 6.45) is 10.1. The van der Waals surface area contributed by atoms with Crippen LogP contribution < -0.4 is 9.80 Å². The van der Waals surface area contributed by atoms with Gasteiger partial charge in [0.25, 0.3) is 0 Å². The SMILES string of the molecule is CN(C)c1ccc(-c2cc3c(cn2)C=CCN3Cc2cccnc2)cc1. The first kappa shape index (κ1) is 16.3. The number of benzene rings is 1. The summed E-state index contributed by atoms with van der Waals surface area (Å²) in [5.74, 6) is 0. The Kier molecular flexibility index (Phi) is 4.40. The largest absolute Gasteiger partial charge is 0.378 e. The smallest absolute Gasteiger partial charge is 0.0723 e. The zero-order valence-electron chi connectivity index (χ0n) is 15.1. The summed E-state index contributed by atoms with van der Waals surface area (Å²) in [5, 5.41) is 0. The van der Waals surface area contributed by atoms with Crippen molar-refractivity contribution in [3.63, 3.8) is 0 Å². The van der Waals surface area contributed by atoms with Gasteiger partial charge in [0.2, 0.25) is 0 Å². The normalized spacial score (nSPS) is 12.8. The van der Waals surface area contributed by atoms with Crippen molar-refractivity contribution in [1.82, 2.24) is 9.97 Å². The van der Waals surface area contributed by atoms with Crippen LogP contribution in [0.3, 0.4) is 0 Å². The van der Waals surface area contributed by atoms with Gasteiger partial charge in [0.15, 0.2) is 0 Å². The standard InChI is InChI=1S/C22H22N4/c1-25(2)20-9-7-18(8-10-20)21-13-22-19(15-24-21)6-4-12-26(22)16-17-5-3-11-23-14-17/h3-11,13-15H,12,16H2,1-2H3. The lowest BCUT2D eigenvalue weighted by molar-refractivity contribution is 0.854. The Morgan fingerprint density at radius 3 is 2.65 bits per heavy atom. The minimum Gasteiger partial charge on any atom is -0.378 e. The van der Waals surface area contributed by atoms with Crippen molar-refractivity contribution in [2.24, 2.45) is 0 Å². The van der Waals surface area contributed by atoms with Gasteiger partial charge in [0, 0.05) is 68.3 Å². The summed E-state index contributed by atoms with van der Waals surface area (Å²) in [4.78, 5) is 13.4. The third-order valence-corrected chi connectivity index (χ3v) is 4.65. The van der Waals surface area contributed by atoms with Crippen LogP contribution >= 0.6 is 0 Å². The summed E-state index contributed by atoms with van der Waals surface area (Å²) in [6, 6.07) is 14.8. The number of hydrogen-bond acceptors (Lipinski definition) is 4. The first-order valence-electron chi connectivity index (χ1n) is 8.79. The van der Waals surface area contributed by atoms with Crippen molar-refractivity contribution in [2.75, 3.05) is 30.4 Å². The molecule has 1 aliphatic rings. The fraction of sp³-hybridized carbons (Fsp3) is 0.182. The van der Waals surface area contributed by atoms with Gasteiger partial charge in [0.1, 0.15) is 0 Å². The summed E-state index contributed by atoms with van der Waals surface area (Å²) in [5.41, 5.74) is 6.91. The second-order valence-electron chi connectivity index (χ2n) is 6.71. The van der Waals surface area contributed by atoms with E-state index in [-0.39, 0.29) is 0 Å². The number of rotatable bonds is 4. The lowest BCUT2D eigenvalue weighted by Crippen LogP contribution is -2.25. The van der Waals surface area contributed by atoms with E-state index in [1.807, 2.05) is 24.7 Å². The van der Waals surface area contributed by atoms with Crippen LogP contribution in [0, 0.1) is 0 Å². The molecule has 1 aromatic carbocycles. The lowest BCUT2D eigenvalue weighted by atomic mass is 10.0. The van der Waals surface area contributed by atoms with E-state index in [4.69, 9.17) is 0 Å². The van der Waals surface area contributed by atoms with Crippen LogP contribution in [-0.4, -0.2) is 30.6 Å². The molecule has 4 nitrogen and oxygen atoms in total. The third kappa shape index (κ3) is 3.31. The molecule has 4 heteroatoms. The number of hydrogen-bond donors (Lipinski definition) is 0. The molecule has 130 valence electrons. The van der Waals surface area contributed by atoms with Crippen LogP contribution in [0.1, 0.15) is 11.1 Å². The summed E-state index contributed by atoms with van der Waals surface area (Å²) in [7, 11) is 4.10. The van der Waals surface area contributed by atoms with Crippen molar-refractivity contribution < 1.29 is 0 Å². The maximum absolute atomic E-state index is 4.67. The average molecular weight is 342 g/mol. The van der Waals surface area contributed by atoms with Crippen molar-refractivity contribution >= 4 is 17.5 Å². The molecule has 3 heterocycles. The molecule has 0 N–H and O–H groups in total. The molecule has 3 aromatic rings. The van der Waals surface area contributed by atoms with E-state index in [9.17, 15) is 0 Å². The van der Waals surface area contributed by atoms with Crippen LogP contribution in [0.5, 0.6) is 0 Å². The Bertz CT molecular complexity index is 915. The number of aromatic nitrogens is 2. The van der Waals surface area contributed by atoms with Crippen molar-refractivity contribution in [2.45, 2.75) is 6.54 Å². The van der Waals surface area contributed by atoms with E-state index < -0.39 is 0 Å². The number of fused-ring (bicyclic) bond motifs is 1. The average Bonchev–Trinajstić information content (AvgIpc) is 2.69. The third-order valence-electron chi connectivity index (χ3n) is 4.65. The van der Waals surface area contributed by atoms with Gasteiger partial charge in [-0.05, 0) is 29.8 Å². The summed E-state index contributed by atoms with van der Waals surface area (Å²) >= 11 is 0. The van der Waals surface area contributed by atoms with E-state index >= 15 is 0 Å². The van der Waals surface area contributed by atoms with Gasteiger partial charge in [-0.1, -0.05) is 30.4 Å². The Morgan fingerprint density at radius 1 is 1.08 bits per heavy atom. The predicted octanol–water partition coefficient (Wildman–Crippen LogP) is 4.24. The molecule has 0 aliphatic carbocycles. The minimum atomic E-state index is 0.841. The van der Waals surface area contributed by atoms with Gasteiger partial charge in [0.05, 0.1) is 5.69 Å². The van der Waals surface area contributed by atoms with Gasteiger partial charge in [-0.2, -0.15) is 0 Å². The topological polar surface area (TPSA) is 32.3 Å². The monoisotopic (exact) mass is 342 g/mol. The van der Waals surface area contributed by atoms with Gasteiger partial charge in [-0.15, -0.1) is 0 Å². The van der Waals surface area contributed by atoms with Gasteiger partial charge in [-0.25, -0.2) is 0 Å². The van der Waals surface area contributed by atoms with Gasteiger partial charge in [-0.3, -0.25) is 9.97 Å². The Hall–Kier alpha value is -3.14. The van der Waals surface area contributed by atoms with Crippen LogP contribution in [0.2, 0.25) is 0 Å². The highest BCUT2D eigenvalue weighted by Gasteiger charge is 2.15. The van der Waals surface area contributed by atoms with Gasteiger partial charge >= 0.3 is 0 Å². The van der Waals surface area contributed by atoms with Crippen LogP contribution in [0.15, 0.2) is 67.1 Å². The molecule has 0 spiro atoms. The van der Waals surface area contributed by atoms with Crippen LogP contribution in [-0.2, 0) is 6.54 Å². The maximum Gasteiger partial charge on any atom is 0.0723 e. The highest BCUT2D eigenvalue weighted by molar-refractivity contribution is 5.76. The molecule has 1 aliphatic heterocycles. The van der Waals surface area contributed by atoms with Gasteiger partial charge < -0.3 is 9.80 Å². The molecule has 0 amide bonds. The number of pyridine rings is 2. The van der Waals surface area contributed by atoms with E-state index in [2.05, 4.69) is 82.4 Å². The maximum atomic E-state index is 4.67. The molecule has 0 bridgehead atoms. The fourth-order valence-electron chi connectivity index (χ4n) is 3.21. The fourth-order valence-corrected chi connectivity index (χ4v) is 3.21. The molecule has 0 atom stereocenters. The highest BCUT2D eigenvalue weighted by atomic mass is 15.1. The van der Waals surface area contributed by atoms with Crippen LogP contribution in [0.25, 0.3) is 17.3 Å². The second-order valence-corrected chi connectivity index (χ2v) is 6.71. The molecular formula is C22H22N4. The van der Waals surface area contributed by atoms with E-state index in [0.717, 1.165) is 29.9 Å². The highest BCUT2D eigenvalue weighted by Crippen LogP contribution is 2.31. The Balaban J connectivity index is 1.66. The molecule has 4 rings (SSSR count). The lowest BCUT2D eigenvalue weighted by Gasteiger charge is -2.28. The molecular weight excluding hydrogens is 320 g/mol. The molecule has 0 fully saturated rings. The molecule has 26 heavy (non-hydrogen) atoms. The molecule has 0 unspecified atom stereocenters. The van der Waals surface area contributed by atoms with E-state index in [1.165, 1.54) is 16.9 Å². The van der Waals surface area contributed by atoms with Crippen molar-refractivity contribution in [1.29, 1.82) is 0 Å². The van der Waals surface area contributed by atoms with E-state index in [1.54, 1.807) is 0 Å². The summed E-state index contributed by atoms with van der Waals surface area (Å²) < 4.78 is 0. The first-order valence-corrected chi connectivity index (χ1v) is 8.79. The molecule has 0 radical (unpaired) electrons. The molecule has 0 saturated heterocycles. The quantitative estimate of drug-likeness (QED) is 0.710.